The van der Waals surface area contributed by atoms with Crippen LogP contribution in [0.1, 0.15) is 65.5 Å². The first-order valence-corrected chi connectivity index (χ1v) is 14.9. The Morgan fingerprint density at radius 3 is 2.29 bits per heavy atom. The predicted octanol–water partition coefficient (Wildman–Crippen LogP) is 7.31. The average Bonchev–Trinajstić information content (AvgIpc) is 2.98. The second-order valence-corrected chi connectivity index (χ2v) is 11.6. The van der Waals surface area contributed by atoms with Crippen LogP contribution in [0.4, 0.5) is 18.9 Å². The van der Waals surface area contributed by atoms with Crippen molar-refractivity contribution in [1.29, 1.82) is 0 Å². The van der Waals surface area contributed by atoms with E-state index < -0.39 is 29.5 Å². The van der Waals surface area contributed by atoms with E-state index in [1.54, 1.807) is 25.1 Å². The summed E-state index contributed by atoms with van der Waals surface area (Å²) >= 11 is 0. The molecule has 0 spiro atoms. The number of benzene rings is 2. The normalized spacial score (nSPS) is 16.9. The van der Waals surface area contributed by atoms with Crippen molar-refractivity contribution in [3.05, 3.63) is 82.7 Å². The van der Waals surface area contributed by atoms with Crippen LogP contribution in [0.25, 0.3) is 0 Å². The third kappa shape index (κ3) is 8.61. The van der Waals surface area contributed by atoms with E-state index in [1.165, 1.54) is 43.4 Å². The predicted molar refractivity (Wildman–Crippen MR) is 163 cm³/mol. The molecule has 0 aliphatic heterocycles. The number of pyridine rings is 1. The Kier molecular flexibility index (Phi) is 11.2. The van der Waals surface area contributed by atoms with Crippen molar-refractivity contribution in [1.82, 2.24) is 4.98 Å². The standard InChI is InChI=1S/C34H39F3N2O6/c1-21-8-11-24(12-9-21)32(40)39(26(19-43-3)20-44-4)30-14-13-27(18-28(30)33(41)42)45-31-15-10-23(17-29(31)34(35,36)37)16-25-7-5-6-22(2)38-25/h5-7,10,13-15,17-18,21,24,26H,8-9,11-12,16,19-20H2,1-4H3,(H,41,42). The first kappa shape index (κ1) is 33.9. The van der Waals surface area contributed by atoms with Crippen LogP contribution in [0.3, 0.4) is 0 Å². The topological polar surface area (TPSA) is 98.2 Å². The highest BCUT2D eigenvalue weighted by Crippen LogP contribution is 2.40. The number of hydrogen-bond donors (Lipinski definition) is 1. The van der Waals surface area contributed by atoms with Crippen LogP contribution in [0.15, 0.2) is 54.6 Å². The molecule has 1 aliphatic rings. The maximum atomic E-state index is 14.2. The van der Waals surface area contributed by atoms with Gasteiger partial charge in [0.05, 0.1) is 36.1 Å². The molecule has 1 fully saturated rings. The quantitative estimate of drug-likeness (QED) is 0.225. The summed E-state index contributed by atoms with van der Waals surface area (Å²) in [6.07, 6.45) is -1.45. The second-order valence-electron chi connectivity index (χ2n) is 11.6. The molecule has 1 aliphatic carbocycles. The van der Waals surface area contributed by atoms with Crippen LogP contribution < -0.4 is 9.64 Å². The summed E-state index contributed by atoms with van der Waals surface area (Å²) < 4.78 is 58.9. The molecule has 4 rings (SSSR count). The number of anilines is 1. The fraction of sp³-hybridized carbons (Fsp3) is 0.441. The number of methoxy groups -OCH3 is 2. The number of aromatic nitrogens is 1. The monoisotopic (exact) mass is 628 g/mol. The molecule has 0 saturated heterocycles. The molecule has 0 radical (unpaired) electrons. The van der Waals surface area contributed by atoms with E-state index in [-0.39, 0.29) is 48.5 Å². The van der Waals surface area contributed by atoms with Gasteiger partial charge < -0.3 is 24.2 Å². The molecule has 1 heterocycles. The first-order chi connectivity index (χ1) is 21.4. The SMILES string of the molecule is COCC(COC)N(C(=O)C1CCC(C)CC1)c1ccc(Oc2ccc(Cc3cccc(C)n3)cc2C(F)(F)F)cc1C(=O)O. The van der Waals surface area contributed by atoms with Gasteiger partial charge in [-0.3, -0.25) is 9.78 Å². The number of carboxylic acid groups (broad SMARTS) is 1. The zero-order chi connectivity index (χ0) is 32.7. The molecular weight excluding hydrogens is 589 g/mol. The number of ether oxygens (including phenoxy) is 3. The van der Waals surface area contributed by atoms with Crippen LogP contribution in [-0.4, -0.2) is 55.4 Å². The van der Waals surface area contributed by atoms with Crippen LogP contribution >= 0.6 is 0 Å². The summed E-state index contributed by atoms with van der Waals surface area (Å²) in [5.74, 6) is -2.02. The molecule has 1 aromatic heterocycles. The molecular formula is C34H39F3N2O6. The Bertz CT molecular complexity index is 1480. The second kappa shape index (κ2) is 14.9. The highest BCUT2D eigenvalue weighted by molar-refractivity contribution is 6.03. The lowest BCUT2D eigenvalue weighted by Crippen LogP contribution is -2.49. The van der Waals surface area contributed by atoms with Crippen LogP contribution in [0, 0.1) is 18.8 Å². The number of halogens is 3. The third-order valence-corrected chi connectivity index (χ3v) is 8.05. The van der Waals surface area contributed by atoms with Crippen molar-refractivity contribution < 1.29 is 42.1 Å². The number of amides is 1. The Hall–Kier alpha value is -3.96. The molecule has 0 atom stereocenters. The van der Waals surface area contributed by atoms with Crippen LogP contribution in [0.2, 0.25) is 0 Å². The fourth-order valence-corrected chi connectivity index (χ4v) is 5.77. The van der Waals surface area contributed by atoms with Gasteiger partial charge in [0.15, 0.2) is 0 Å². The number of rotatable bonds is 12. The minimum Gasteiger partial charge on any atom is -0.478 e. The van der Waals surface area contributed by atoms with Crippen molar-refractivity contribution >= 4 is 17.6 Å². The number of carbonyl (C=O) groups excluding carboxylic acids is 1. The molecule has 8 nitrogen and oxygen atoms in total. The lowest BCUT2D eigenvalue weighted by molar-refractivity contribution is -0.138. The van der Waals surface area contributed by atoms with Crippen molar-refractivity contribution in [3.63, 3.8) is 0 Å². The van der Waals surface area contributed by atoms with E-state index in [0.717, 1.165) is 30.7 Å². The Balaban J connectivity index is 1.70. The Morgan fingerprint density at radius 1 is 1.00 bits per heavy atom. The van der Waals surface area contributed by atoms with Crippen molar-refractivity contribution in [2.24, 2.45) is 11.8 Å². The lowest BCUT2D eigenvalue weighted by atomic mass is 9.82. The average molecular weight is 629 g/mol. The van der Waals surface area contributed by atoms with Gasteiger partial charge in [0, 0.05) is 37.9 Å². The maximum Gasteiger partial charge on any atom is 0.419 e. The molecule has 2 aromatic carbocycles. The van der Waals surface area contributed by atoms with Gasteiger partial charge in [-0.15, -0.1) is 0 Å². The molecule has 0 bridgehead atoms. The van der Waals surface area contributed by atoms with Crippen LogP contribution in [0.5, 0.6) is 11.5 Å². The molecule has 1 N–H and O–H groups in total. The molecule has 0 unspecified atom stereocenters. The van der Waals surface area contributed by atoms with E-state index in [9.17, 15) is 27.9 Å². The molecule has 3 aromatic rings. The summed E-state index contributed by atoms with van der Waals surface area (Å²) in [7, 11) is 2.95. The van der Waals surface area contributed by atoms with Crippen molar-refractivity contribution in [2.75, 3.05) is 32.3 Å². The number of carbonyl (C=O) groups is 2. The largest absolute Gasteiger partial charge is 0.478 e. The summed E-state index contributed by atoms with van der Waals surface area (Å²) in [6, 6.07) is 12.4. The molecule has 11 heteroatoms. The first-order valence-electron chi connectivity index (χ1n) is 14.9. The van der Waals surface area contributed by atoms with Crippen LogP contribution in [-0.2, 0) is 26.9 Å². The van der Waals surface area contributed by atoms with Crippen molar-refractivity contribution in [3.8, 4) is 11.5 Å². The third-order valence-electron chi connectivity index (χ3n) is 8.05. The van der Waals surface area contributed by atoms with Gasteiger partial charge in [-0.2, -0.15) is 13.2 Å². The summed E-state index contributed by atoms with van der Waals surface area (Å²) in [5, 5.41) is 10.2. The van der Waals surface area contributed by atoms with E-state index in [0.29, 0.717) is 30.0 Å². The van der Waals surface area contributed by atoms with Gasteiger partial charge in [0.1, 0.15) is 11.5 Å². The van der Waals surface area contributed by atoms with Gasteiger partial charge in [0.25, 0.3) is 0 Å². The van der Waals surface area contributed by atoms with Gasteiger partial charge in [-0.05, 0) is 86.6 Å². The van der Waals surface area contributed by atoms with Gasteiger partial charge in [-0.25, -0.2) is 4.79 Å². The molecule has 1 saturated carbocycles. The number of alkyl halides is 3. The van der Waals surface area contributed by atoms with E-state index in [1.807, 2.05) is 0 Å². The van der Waals surface area contributed by atoms with E-state index in [4.69, 9.17) is 14.2 Å². The minimum absolute atomic E-state index is 0.0827. The zero-order valence-corrected chi connectivity index (χ0v) is 25.9. The van der Waals surface area contributed by atoms with E-state index >= 15 is 0 Å². The zero-order valence-electron chi connectivity index (χ0n) is 25.9. The fourth-order valence-electron chi connectivity index (χ4n) is 5.77. The van der Waals surface area contributed by atoms with Gasteiger partial charge >= 0.3 is 12.1 Å². The summed E-state index contributed by atoms with van der Waals surface area (Å²) in [6.45, 7) is 4.11. The minimum atomic E-state index is -4.74. The number of aromatic carboxylic acids is 1. The number of carboxylic acids is 1. The number of nitrogens with zero attached hydrogens (tertiary/aromatic N) is 2. The molecule has 242 valence electrons. The number of hydrogen-bond acceptors (Lipinski definition) is 6. The Morgan fingerprint density at radius 2 is 1.69 bits per heavy atom. The highest BCUT2D eigenvalue weighted by Gasteiger charge is 2.37. The summed E-state index contributed by atoms with van der Waals surface area (Å²) in [5.41, 5.74) is 0.568. The summed E-state index contributed by atoms with van der Waals surface area (Å²) in [4.78, 5) is 32.3. The van der Waals surface area contributed by atoms with Crippen molar-refractivity contribution in [2.45, 2.75) is 58.2 Å². The molecule has 45 heavy (non-hydrogen) atoms. The molecule has 1 amide bonds. The van der Waals surface area contributed by atoms with E-state index in [2.05, 4.69) is 11.9 Å². The van der Waals surface area contributed by atoms with Gasteiger partial charge in [-0.1, -0.05) is 19.1 Å². The highest BCUT2D eigenvalue weighted by atomic mass is 19.4. The maximum absolute atomic E-state index is 14.2. The Labute approximate surface area is 261 Å². The lowest BCUT2D eigenvalue weighted by Gasteiger charge is -2.36. The number of aryl methyl sites for hydroxylation is 1. The smallest absolute Gasteiger partial charge is 0.419 e. The van der Waals surface area contributed by atoms with Gasteiger partial charge in [0.2, 0.25) is 5.91 Å².